The second kappa shape index (κ2) is 6.22. The first-order chi connectivity index (χ1) is 9.36. The van der Waals surface area contributed by atoms with Crippen molar-refractivity contribution in [2.45, 2.75) is 55.6 Å². The Kier molecular flexibility index (Phi) is 4.80. The van der Waals surface area contributed by atoms with Crippen molar-refractivity contribution in [3.05, 3.63) is 29.8 Å². The summed E-state index contributed by atoms with van der Waals surface area (Å²) in [5, 5.41) is 8.67. The van der Waals surface area contributed by atoms with Gasteiger partial charge in [-0.25, -0.2) is 13.6 Å². The van der Waals surface area contributed by atoms with Crippen LogP contribution in [0.25, 0.3) is 0 Å². The van der Waals surface area contributed by atoms with Crippen molar-refractivity contribution in [3.63, 3.8) is 0 Å². The van der Waals surface area contributed by atoms with Crippen LogP contribution in [0.2, 0.25) is 0 Å². The maximum absolute atomic E-state index is 11.2. The molecule has 20 heavy (non-hydrogen) atoms. The van der Waals surface area contributed by atoms with E-state index in [1.807, 2.05) is 12.1 Å². The number of nitrogens with one attached hydrogen (secondary N) is 1. The van der Waals surface area contributed by atoms with Gasteiger partial charge in [0.2, 0.25) is 10.0 Å². The number of rotatable bonds is 4. The van der Waals surface area contributed by atoms with Crippen LogP contribution in [0, 0.1) is 0 Å². The van der Waals surface area contributed by atoms with Gasteiger partial charge in [-0.15, -0.1) is 0 Å². The molecule has 112 valence electrons. The fourth-order valence-corrected chi connectivity index (χ4v) is 3.20. The third kappa shape index (κ3) is 4.02. The van der Waals surface area contributed by atoms with Crippen LogP contribution >= 0.6 is 0 Å². The molecule has 0 saturated heterocycles. The van der Waals surface area contributed by atoms with Gasteiger partial charge in [-0.2, -0.15) is 0 Å². The molecule has 6 heteroatoms. The largest absolute Gasteiger partial charge is 0.328 e. The first kappa shape index (κ1) is 15.4. The number of nitrogens with two attached hydrogens (primary N) is 2. The predicted molar refractivity (Wildman–Crippen MR) is 79.6 cm³/mol. The summed E-state index contributed by atoms with van der Waals surface area (Å²) in [6.07, 6.45) is 4.32. The lowest BCUT2D eigenvalue weighted by Gasteiger charge is -2.29. The second-order valence-electron chi connectivity index (χ2n) is 5.61. The molecule has 1 unspecified atom stereocenters. The standard InChI is InChI=1S/C14H23N3O2S/c1-10(17-13-6-4-12(15)5-7-13)11-2-8-14(9-3-11)20(16,18)19/h2-3,8-10,12-13,17H,4-7,15H2,1H3,(H2,16,18,19). The minimum absolute atomic E-state index is 0.150. The molecular formula is C14H23N3O2S. The minimum atomic E-state index is -3.61. The number of benzene rings is 1. The summed E-state index contributed by atoms with van der Waals surface area (Å²) in [7, 11) is -3.61. The van der Waals surface area contributed by atoms with E-state index in [1.165, 1.54) is 0 Å². The number of sulfonamides is 1. The van der Waals surface area contributed by atoms with Gasteiger partial charge in [0.05, 0.1) is 4.90 Å². The van der Waals surface area contributed by atoms with Crippen molar-refractivity contribution in [2.75, 3.05) is 0 Å². The van der Waals surface area contributed by atoms with Crippen molar-refractivity contribution in [2.24, 2.45) is 10.9 Å². The fourth-order valence-electron chi connectivity index (χ4n) is 2.68. The van der Waals surface area contributed by atoms with Gasteiger partial charge in [-0.05, 0) is 50.3 Å². The van der Waals surface area contributed by atoms with Crippen molar-refractivity contribution >= 4 is 10.0 Å². The average Bonchev–Trinajstić information content (AvgIpc) is 2.40. The van der Waals surface area contributed by atoms with E-state index in [0.717, 1.165) is 31.2 Å². The topological polar surface area (TPSA) is 98.2 Å². The highest BCUT2D eigenvalue weighted by Crippen LogP contribution is 2.21. The Hall–Kier alpha value is -0.950. The van der Waals surface area contributed by atoms with Crippen LogP contribution in [0.15, 0.2) is 29.2 Å². The average molecular weight is 297 g/mol. The van der Waals surface area contributed by atoms with Crippen molar-refractivity contribution in [1.29, 1.82) is 0 Å². The third-order valence-corrected chi connectivity index (χ3v) is 4.90. The lowest BCUT2D eigenvalue weighted by Crippen LogP contribution is -2.38. The van der Waals surface area contributed by atoms with Gasteiger partial charge in [0, 0.05) is 18.1 Å². The molecule has 1 aliphatic rings. The lowest BCUT2D eigenvalue weighted by atomic mass is 9.91. The van der Waals surface area contributed by atoms with Gasteiger partial charge in [-0.3, -0.25) is 0 Å². The van der Waals surface area contributed by atoms with Crippen LogP contribution < -0.4 is 16.2 Å². The highest BCUT2D eigenvalue weighted by molar-refractivity contribution is 7.89. The van der Waals surface area contributed by atoms with Crippen molar-refractivity contribution in [3.8, 4) is 0 Å². The molecule has 1 fully saturated rings. The van der Waals surface area contributed by atoms with Gasteiger partial charge in [0.25, 0.3) is 0 Å². The Bertz CT molecular complexity index is 534. The van der Waals surface area contributed by atoms with Crippen LogP contribution in [0.5, 0.6) is 0 Å². The first-order valence-corrected chi connectivity index (χ1v) is 8.55. The molecule has 1 saturated carbocycles. The van der Waals surface area contributed by atoms with E-state index in [-0.39, 0.29) is 10.9 Å². The molecule has 5 N–H and O–H groups in total. The SMILES string of the molecule is CC(NC1CCC(N)CC1)c1ccc(S(N)(=O)=O)cc1. The summed E-state index contributed by atoms with van der Waals surface area (Å²) in [4.78, 5) is 0.150. The fraction of sp³-hybridized carbons (Fsp3) is 0.571. The van der Waals surface area contributed by atoms with E-state index in [4.69, 9.17) is 10.9 Å². The van der Waals surface area contributed by atoms with E-state index in [2.05, 4.69) is 12.2 Å². The molecule has 1 aliphatic carbocycles. The summed E-state index contributed by atoms with van der Waals surface area (Å²) < 4.78 is 22.4. The predicted octanol–water partition coefficient (Wildman–Crippen LogP) is 1.25. The lowest BCUT2D eigenvalue weighted by molar-refractivity contribution is 0.322. The van der Waals surface area contributed by atoms with Crippen LogP contribution in [-0.2, 0) is 10.0 Å². The summed E-state index contributed by atoms with van der Waals surface area (Å²) >= 11 is 0. The van der Waals surface area contributed by atoms with E-state index >= 15 is 0 Å². The first-order valence-electron chi connectivity index (χ1n) is 7.00. The van der Waals surface area contributed by atoms with Crippen LogP contribution in [0.1, 0.15) is 44.2 Å². The molecular weight excluding hydrogens is 274 g/mol. The highest BCUT2D eigenvalue weighted by atomic mass is 32.2. The smallest absolute Gasteiger partial charge is 0.238 e. The van der Waals surface area contributed by atoms with E-state index < -0.39 is 10.0 Å². The zero-order chi connectivity index (χ0) is 14.8. The quantitative estimate of drug-likeness (QED) is 0.779. The Balaban J connectivity index is 1.97. The summed E-state index contributed by atoms with van der Waals surface area (Å²) in [6, 6.07) is 7.75. The van der Waals surface area contributed by atoms with E-state index in [0.29, 0.717) is 12.1 Å². The molecule has 1 atom stereocenters. The molecule has 5 nitrogen and oxygen atoms in total. The maximum Gasteiger partial charge on any atom is 0.238 e. The number of primary sulfonamides is 1. The maximum atomic E-state index is 11.2. The molecule has 2 rings (SSSR count). The van der Waals surface area contributed by atoms with Gasteiger partial charge in [0.15, 0.2) is 0 Å². The molecule has 0 heterocycles. The van der Waals surface area contributed by atoms with Gasteiger partial charge < -0.3 is 11.1 Å². The molecule has 0 amide bonds. The van der Waals surface area contributed by atoms with Crippen LogP contribution in [0.4, 0.5) is 0 Å². The normalized spacial score (nSPS) is 25.4. The summed E-state index contributed by atoms with van der Waals surface area (Å²) in [6.45, 7) is 2.08. The van der Waals surface area contributed by atoms with Crippen molar-refractivity contribution < 1.29 is 8.42 Å². The van der Waals surface area contributed by atoms with Gasteiger partial charge >= 0.3 is 0 Å². The molecule has 1 aromatic rings. The van der Waals surface area contributed by atoms with Crippen LogP contribution in [0.3, 0.4) is 0 Å². The van der Waals surface area contributed by atoms with Gasteiger partial charge in [0.1, 0.15) is 0 Å². The highest BCUT2D eigenvalue weighted by Gasteiger charge is 2.20. The Labute approximate surface area is 120 Å². The minimum Gasteiger partial charge on any atom is -0.328 e. The Morgan fingerprint density at radius 1 is 1.15 bits per heavy atom. The van der Waals surface area contributed by atoms with Gasteiger partial charge in [-0.1, -0.05) is 12.1 Å². The second-order valence-corrected chi connectivity index (χ2v) is 7.18. The molecule has 1 aromatic carbocycles. The summed E-state index contributed by atoms with van der Waals surface area (Å²) in [5.74, 6) is 0. The number of hydrogen-bond donors (Lipinski definition) is 3. The van der Waals surface area contributed by atoms with E-state index in [9.17, 15) is 8.42 Å². The monoisotopic (exact) mass is 297 g/mol. The zero-order valence-electron chi connectivity index (χ0n) is 11.7. The zero-order valence-corrected chi connectivity index (χ0v) is 12.6. The van der Waals surface area contributed by atoms with Crippen molar-refractivity contribution in [1.82, 2.24) is 5.32 Å². The molecule has 0 bridgehead atoms. The molecule has 0 radical (unpaired) electrons. The Morgan fingerprint density at radius 3 is 2.20 bits per heavy atom. The van der Waals surface area contributed by atoms with E-state index in [1.54, 1.807) is 12.1 Å². The summed E-state index contributed by atoms with van der Waals surface area (Å²) in [5.41, 5.74) is 6.96. The number of hydrogen-bond acceptors (Lipinski definition) is 4. The van der Waals surface area contributed by atoms with Crippen LogP contribution in [-0.4, -0.2) is 20.5 Å². The molecule has 0 aromatic heterocycles. The molecule has 0 spiro atoms. The molecule has 0 aliphatic heterocycles. The third-order valence-electron chi connectivity index (χ3n) is 3.97. The Morgan fingerprint density at radius 2 is 1.70 bits per heavy atom.